The third-order valence-electron chi connectivity index (χ3n) is 4.23. The molecule has 0 aromatic heterocycles. The van der Waals surface area contributed by atoms with Crippen LogP contribution in [-0.4, -0.2) is 24.1 Å². The average molecular weight is 327 g/mol. The highest BCUT2D eigenvalue weighted by molar-refractivity contribution is 9.10. The highest BCUT2D eigenvalue weighted by Gasteiger charge is 2.46. The Bertz CT molecular complexity index is 450. The van der Waals surface area contributed by atoms with Crippen LogP contribution < -0.4 is 0 Å². The fraction of sp³-hybridized carbons (Fsp3) is 0.600. The van der Waals surface area contributed by atoms with Gasteiger partial charge >= 0.3 is 0 Å². The summed E-state index contributed by atoms with van der Waals surface area (Å²) in [6, 6.07) is 6.14. The van der Waals surface area contributed by atoms with Crippen LogP contribution >= 0.6 is 15.9 Å². The van der Waals surface area contributed by atoms with Crippen LogP contribution in [0.5, 0.6) is 0 Å². The van der Waals surface area contributed by atoms with E-state index < -0.39 is 11.4 Å². The molecule has 1 N–H and O–H groups in total. The first kappa shape index (κ1) is 13.6. The number of halogens is 1. The lowest BCUT2D eigenvalue weighted by Crippen LogP contribution is -2.42. The molecule has 1 saturated heterocycles. The second-order valence-corrected chi connectivity index (χ2v) is 6.57. The Morgan fingerprint density at radius 3 is 2.26 bits per heavy atom. The quantitative estimate of drug-likeness (QED) is 0.860. The van der Waals surface area contributed by atoms with Crippen molar-refractivity contribution in [3.63, 3.8) is 0 Å². The standard InChI is InChI=1S/C15H19BrO3/c1-11-8-12(10-13(16)9-11)14(17)2-4-15(5-3-14)18-6-7-19-15/h8-10,17H,2-7H2,1H3. The van der Waals surface area contributed by atoms with Gasteiger partial charge < -0.3 is 14.6 Å². The molecule has 1 heterocycles. The summed E-state index contributed by atoms with van der Waals surface area (Å²) in [5.74, 6) is -0.423. The van der Waals surface area contributed by atoms with Crippen LogP contribution in [-0.2, 0) is 15.1 Å². The molecule has 3 rings (SSSR count). The molecule has 0 amide bonds. The lowest BCUT2D eigenvalue weighted by molar-refractivity contribution is -0.204. The molecule has 0 radical (unpaired) electrons. The van der Waals surface area contributed by atoms with Gasteiger partial charge in [-0.3, -0.25) is 0 Å². The summed E-state index contributed by atoms with van der Waals surface area (Å²) in [5.41, 5.74) is 1.40. The molecule has 19 heavy (non-hydrogen) atoms. The maximum atomic E-state index is 10.9. The summed E-state index contributed by atoms with van der Waals surface area (Å²) in [6.45, 7) is 3.40. The normalized spacial score (nSPS) is 24.8. The van der Waals surface area contributed by atoms with Gasteiger partial charge in [0.25, 0.3) is 0 Å². The summed E-state index contributed by atoms with van der Waals surface area (Å²) in [4.78, 5) is 0. The van der Waals surface area contributed by atoms with Crippen molar-refractivity contribution in [2.24, 2.45) is 0 Å². The van der Waals surface area contributed by atoms with Crippen LogP contribution in [0.15, 0.2) is 22.7 Å². The molecular weight excluding hydrogens is 308 g/mol. The van der Waals surface area contributed by atoms with E-state index in [1.165, 1.54) is 0 Å². The summed E-state index contributed by atoms with van der Waals surface area (Å²) >= 11 is 3.50. The Kier molecular flexibility index (Phi) is 3.46. The maximum absolute atomic E-state index is 10.9. The molecule has 1 spiro atoms. The lowest BCUT2D eigenvalue weighted by Gasteiger charge is -2.41. The monoisotopic (exact) mass is 326 g/mol. The second-order valence-electron chi connectivity index (χ2n) is 5.66. The van der Waals surface area contributed by atoms with Crippen molar-refractivity contribution in [1.29, 1.82) is 0 Å². The molecule has 1 aromatic rings. The molecule has 0 unspecified atom stereocenters. The first-order valence-electron chi connectivity index (χ1n) is 6.79. The molecule has 0 bridgehead atoms. The van der Waals surface area contributed by atoms with Crippen molar-refractivity contribution in [1.82, 2.24) is 0 Å². The predicted octanol–water partition coefficient (Wildman–Crippen LogP) is 3.26. The molecule has 2 aliphatic rings. The van der Waals surface area contributed by atoms with Gasteiger partial charge in [-0.15, -0.1) is 0 Å². The molecule has 4 heteroatoms. The van der Waals surface area contributed by atoms with E-state index in [0.29, 0.717) is 26.1 Å². The highest BCUT2D eigenvalue weighted by atomic mass is 79.9. The summed E-state index contributed by atoms with van der Waals surface area (Å²) in [7, 11) is 0. The van der Waals surface area contributed by atoms with E-state index in [1.807, 2.05) is 13.0 Å². The van der Waals surface area contributed by atoms with E-state index >= 15 is 0 Å². The number of ether oxygens (including phenoxy) is 2. The van der Waals surface area contributed by atoms with Crippen LogP contribution in [0.4, 0.5) is 0 Å². The van der Waals surface area contributed by atoms with E-state index in [0.717, 1.165) is 28.4 Å². The summed E-state index contributed by atoms with van der Waals surface area (Å²) < 4.78 is 12.4. The number of hydrogen-bond acceptors (Lipinski definition) is 3. The van der Waals surface area contributed by atoms with Crippen molar-refractivity contribution >= 4 is 15.9 Å². The summed E-state index contributed by atoms with van der Waals surface area (Å²) in [5, 5.41) is 10.9. The number of rotatable bonds is 1. The van der Waals surface area contributed by atoms with Crippen LogP contribution in [0.2, 0.25) is 0 Å². The van der Waals surface area contributed by atoms with E-state index in [9.17, 15) is 5.11 Å². The molecule has 2 fully saturated rings. The van der Waals surface area contributed by atoms with Gasteiger partial charge in [0.05, 0.1) is 18.8 Å². The van der Waals surface area contributed by atoms with Crippen LogP contribution in [0.3, 0.4) is 0 Å². The van der Waals surface area contributed by atoms with E-state index in [1.54, 1.807) is 0 Å². The third-order valence-corrected chi connectivity index (χ3v) is 4.69. The Morgan fingerprint density at radius 2 is 1.68 bits per heavy atom. The van der Waals surface area contributed by atoms with Gasteiger partial charge in [-0.05, 0) is 43.0 Å². The predicted molar refractivity (Wildman–Crippen MR) is 75.9 cm³/mol. The van der Waals surface area contributed by atoms with Crippen molar-refractivity contribution in [3.8, 4) is 0 Å². The fourth-order valence-corrected chi connectivity index (χ4v) is 3.73. The van der Waals surface area contributed by atoms with Gasteiger partial charge in [0, 0.05) is 17.3 Å². The van der Waals surface area contributed by atoms with Crippen LogP contribution in [0.1, 0.15) is 36.8 Å². The summed E-state index contributed by atoms with van der Waals surface area (Å²) in [6.07, 6.45) is 2.88. The molecule has 104 valence electrons. The zero-order chi connectivity index (χ0) is 13.5. The third kappa shape index (κ3) is 2.59. The van der Waals surface area contributed by atoms with Gasteiger partial charge in [0.1, 0.15) is 0 Å². The van der Waals surface area contributed by atoms with Crippen molar-refractivity contribution in [2.45, 2.75) is 44.0 Å². The maximum Gasteiger partial charge on any atom is 0.168 e. The molecule has 1 aromatic carbocycles. The van der Waals surface area contributed by atoms with Gasteiger partial charge in [-0.1, -0.05) is 22.0 Å². The smallest absolute Gasteiger partial charge is 0.168 e. The van der Waals surface area contributed by atoms with E-state index in [-0.39, 0.29) is 0 Å². The minimum absolute atomic E-state index is 0.423. The molecule has 3 nitrogen and oxygen atoms in total. The zero-order valence-electron chi connectivity index (χ0n) is 11.1. The first-order valence-corrected chi connectivity index (χ1v) is 7.59. The second kappa shape index (κ2) is 4.85. The van der Waals surface area contributed by atoms with Crippen LogP contribution in [0.25, 0.3) is 0 Å². The van der Waals surface area contributed by atoms with Crippen molar-refractivity contribution < 1.29 is 14.6 Å². The Labute approximate surface area is 122 Å². The minimum Gasteiger partial charge on any atom is -0.385 e. The number of hydrogen-bond donors (Lipinski definition) is 1. The zero-order valence-corrected chi connectivity index (χ0v) is 12.7. The topological polar surface area (TPSA) is 38.7 Å². The molecular formula is C15H19BrO3. The first-order chi connectivity index (χ1) is 9.01. The van der Waals surface area contributed by atoms with Gasteiger partial charge in [0.2, 0.25) is 0 Å². The van der Waals surface area contributed by atoms with Gasteiger partial charge in [0.15, 0.2) is 5.79 Å². The Hall–Kier alpha value is -0.420. The van der Waals surface area contributed by atoms with Crippen LogP contribution in [0, 0.1) is 6.92 Å². The van der Waals surface area contributed by atoms with E-state index in [4.69, 9.17) is 9.47 Å². The SMILES string of the molecule is Cc1cc(Br)cc(C2(O)CCC3(CC2)OCCO3)c1. The number of aliphatic hydroxyl groups is 1. The molecule has 0 atom stereocenters. The Morgan fingerprint density at radius 1 is 1.05 bits per heavy atom. The van der Waals surface area contributed by atoms with Crippen molar-refractivity contribution in [2.75, 3.05) is 13.2 Å². The molecule has 1 saturated carbocycles. The van der Waals surface area contributed by atoms with Crippen molar-refractivity contribution in [3.05, 3.63) is 33.8 Å². The van der Waals surface area contributed by atoms with Gasteiger partial charge in [-0.2, -0.15) is 0 Å². The molecule has 1 aliphatic carbocycles. The minimum atomic E-state index is -0.755. The highest BCUT2D eigenvalue weighted by Crippen LogP contribution is 2.45. The van der Waals surface area contributed by atoms with Gasteiger partial charge in [-0.25, -0.2) is 0 Å². The average Bonchev–Trinajstić information content (AvgIpc) is 2.81. The lowest BCUT2D eigenvalue weighted by atomic mass is 9.77. The molecule has 1 aliphatic heterocycles. The fourth-order valence-electron chi connectivity index (χ4n) is 3.12. The number of aryl methyl sites for hydroxylation is 1. The Balaban J connectivity index is 1.81. The van der Waals surface area contributed by atoms with E-state index in [2.05, 4.69) is 28.1 Å². The number of benzene rings is 1. The largest absolute Gasteiger partial charge is 0.385 e.